The van der Waals surface area contributed by atoms with Crippen LogP contribution in [0.3, 0.4) is 0 Å². The Kier molecular flexibility index (Phi) is 15.5. The summed E-state index contributed by atoms with van der Waals surface area (Å²) in [5.74, 6) is -5.82. The van der Waals surface area contributed by atoms with Gasteiger partial charge in [-0.2, -0.15) is 0 Å². The molecule has 5 rings (SSSR count). The van der Waals surface area contributed by atoms with Gasteiger partial charge < -0.3 is 61.3 Å². The second-order valence-corrected chi connectivity index (χ2v) is 14.2. The molecule has 0 radical (unpaired) electrons. The highest BCUT2D eigenvalue weighted by Gasteiger charge is 2.57. The zero-order valence-corrected chi connectivity index (χ0v) is 35.6. The Morgan fingerprint density at radius 3 is 1.67 bits per heavy atom. The van der Waals surface area contributed by atoms with Gasteiger partial charge in [-0.1, -0.05) is 0 Å². The summed E-state index contributed by atoms with van der Waals surface area (Å²) in [5, 5.41) is -0.137. The van der Waals surface area contributed by atoms with Crippen molar-refractivity contribution in [1.82, 2.24) is 0 Å². The van der Waals surface area contributed by atoms with Gasteiger partial charge >= 0.3 is 41.8 Å². The number of carbonyl (C=O) groups excluding carboxylic acids is 7. The van der Waals surface area contributed by atoms with E-state index in [-0.39, 0.29) is 28.2 Å². The third kappa shape index (κ3) is 12.1. The highest BCUT2D eigenvalue weighted by molar-refractivity contribution is 5.88. The molecule has 2 aromatic carbocycles. The number of ether oxygens (including phenoxy) is 12. The van der Waals surface area contributed by atoms with Crippen molar-refractivity contribution in [3.8, 4) is 28.6 Å². The van der Waals surface area contributed by atoms with E-state index in [9.17, 15) is 38.4 Å². The van der Waals surface area contributed by atoms with Crippen LogP contribution in [0.5, 0.6) is 17.2 Å². The fourth-order valence-electron chi connectivity index (χ4n) is 6.91. The van der Waals surface area contributed by atoms with E-state index in [4.69, 9.17) is 61.3 Å². The highest BCUT2D eigenvalue weighted by Crippen LogP contribution is 2.38. The molecular weight excluding hydrogens is 840 g/mol. The van der Waals surface area contributed by atoms with Crippen molar-refractivity contribution < 1.29 is 94.8 Å². The van der Waals surface area contributed by atoms with Crippen LogP contribution in [0.1, 0.15) is 55.4 Å². The highest BCUT2D eigenvalue weighted by atomic mass is 16.8. The van der Waals surface area contributed by atoms with Gasteiger partial charge in [0.25, 0.3) is 0 Å². The van der Waals surface area contributed by atoms with E-state index in [1.54, 1.807) is 24.3 Å². The zero-order valence-electron chi connectivity index (χ0n) is 35.6. The monoisotopic (exact) mass is 886 g/mol. The van der Waals surface area contributed by atoms with Crippen LogP contribution < -0.4 is 19.6 Å². The topological polar surface area (TPSA) is 260 Å². The largest absolute Gasteiger partial charge is 0.497 e. The van der Waals surface area contributed by atoms with Gasteiger partial charge in [0.05, 0.1) is 13.2 Å². The van der Waals surface area contributed by atoms with Gasteiger partial charge in [-0.05, 0) is 31.2 Å². The number of benzene rings is 2. The Balaban J connectivity index is 1.62. The first-order chi connectivity index (χ1) is 29.7. The summed E-state index contributed by atoms with van der Waals surface area (Å²) >= 11 is 0. The predicted octanol–water partition coefficient (Wildman–Crippen LogP) is 2.85. The molecule has 340 valence electrons. The molecule has 2 fully saturated rings. The van der Waals surface area contributed by atoms with Crippen LogP contribution >= 0.6 is 0 Å². The maximum atomic E-state index is 13.5. The normalized spacial score (nSPS) is 25.4. The maximum Gasteiger partial charge on any atom is 0.308 e. The molecule has 0 spiro atoms. The van der Waals surface area contributed by atoms with Gasteiger partial charge in [0, 0.05) is 72.2 Å². The van der Waals surface area contributed by atoms with E-state index in [0.717, 1.165) is 48.5 Å². The predicted molar refractivity (Wildman–Crippen MR) is 209 cm³/mol. The summed E-state index contributed by atoms with van der Waals surface area (Å²) in [7, 11) is 1.49. The number of fused-ring (bicyclic) bond motifs is 1. The molecule has 2 aliphatic heterocycles. The minimum atomic E-state index is -1.77. The van der Waals surface area contributed by atoms with Crippen LogP contribution in [-0.4, -0.2) is 117 Å². The number of rotatable bonds is 14. The van der Waals surface area contributed by atoms with Crippen LogP contribution in [0, 0.1) is 0 Å². The summed E-state index contributed by atoms with van der Waals surface area (Å²) in [4.78, 5) is 100. The Morgan fingerprint density at radius 1 is 0.587 bits per heavy atom. The van der Waals surface area contributed by atoms with Crippen molar-refractivity contribution in [2.24, 2.45) is 0 Å². The van der Waals surface area contributed by atoms with E-state index >= 15 is 0 Å². The summed E-state index contributed by atoms with van der Waals surface area (Å²) < 4.78 is 74.7. The van der Waals surface area contributed by atoms with Crippen molar-refractivity contribution in [3.05, 3.63) is 52.7 Å². The quantitative estimate of drug-likeness (QED) is 0.128. The Morgan fingerprint density at radius 2 is 1.13 bits per heavy atom. The molecule has 0 aliphatic carbocycles. The number of hydrogen-bond donors (Lipinski definition) is 0. The van der Waals surface area contributed by atoms with E-state index in [2.05, 4.69) is 0 Å². The van der Waals surface area contributed by atoms with Gasteiger partial charge in [0.1, 0.15) is 52.8 Å². The summed E-state index contributed by atoms with van der Waals surface area (Å²) in [6.07, 6.45) is -15.7. The molecule has 2 aliphatic rings. The third-order valence-corrected chi connectivity index (χ3v) is 9.22. The molecule has 0 amide bonds. The van der Waals surface area contributed by atoms with Crippen molar-refractivity contribution in [2.45, 2.75) is 117 Å². The van der Waals surface area contributed by atoms with E-state index in [1.165, 1.54) is 32.2 Å². The van der Waals surface area contributed by atoms with Gasteiger partial charge in [-0.3, -0.25) is 38.4 Å². The second-order valence-electron chi connectivity index (χ2n) is 14.2. The maximum absolute atomic E-state index is 13.5. The first-order valence-corrected chi connectivity index (χ1v) is 19.3. The third-order valence-electron chi connectivity index (χ3n) is 9.22. The molecule has 0 N–H and O–H groups in total. The Hall–Kier alpha value is -6.58. The molecule has 0 bridgehead atoms. The first kappa shape index (κ1) is 47.5. The van der Waals surface area contributed by atoms with Crippen molar-refractivity contribution in [1.29, 1.82) is 0 Å². The molecule has 0 saturated carbocycles. The minimum absolute atomic E-state index is 0.116. The fraction of sp³-hybridized carbons (Fsp3) is 0.476. The molecule has 3 aromatic rings. The molecule has 0 unspecified atom stereocenters. The van der Waals surface area contributed by atoms with Crippen LogP contribution in [0.2, 0.25) is 0 Å². The van der Waals surface area contributed by atoms with E-state index in [0.29, 0.717) is 11.3 Å². The zero-order chi connectivity index (χ0) is 46.3. The van der Waals surface area contributed by atoms with E-state index in [1.807, 2.05) is 0 Å². The lowest BCUT2D eigenvalue weighted by Crippen LogP contribution is -2.67. The average molecular weight is 887 g/mol. The Labute approximate surface area is 358 Å². The molecular formula is C42H46O21. The van der Waals surface area contributed by atoms with Gasteiger partial charge in [-0.15, -0.1) is 0 Å². The lowest BCUT2D eigenvalue weighted by Gasteiger charge is -2.48. The average Bonchev–Trinajstić information content (AvgIpc) is 3.17. The van der Waals surface area contributed by atoms with Gasteiger partial charge in [0.2, 0.25) is 12.4 Å². The standard InChI is InChI=1S/C42H46O21/c1-18-35(55-21(4)45)37(56-22(5)46)39(58-24(7)48)41(53-18)63-36-33(17-52-19(2)43)62-42(40(59-25(8)49)38(36)57-23(6)47)60-28-14-31(54-20(3)44)34-29(50)16-30(61-32(34)15-28)26-10-12-27(51-9)13-11-26/h10-16,18,33,35-42H,17H2,1-9H3/t18-,33+,35-,36+,37+,38-,39+,40+,41-,42-/m0/s1. The minimum Gasteiger partial charge on any atom is -0.497 e. The number of hydrogen-bond acceptors (Lipinski definition) is 21. The molecule has 1 aromatic heterocycles. The smallest absolute Gasteiger partial charge is 0.308 e. The summed E-state index contributed by atoms with van der Waals surface area (Å²) in [6.45, 7) is 8.29. The number of carbonyl (C=O) groups is 7. The second kappa shape index (κ2) is 20.5. The Bertz CT molecular complexity index is 2270. The van der Waals surface area contributed by atoms with Crippen LogP contribution in [0.25, 0.3) is 22.3 Å². The molecule has 21 heteroatoms. The summed E-state index contributed by atoms with van der Waals surface area (Å²) in [6, 6.07) is 10.2. The van der Waals surface area contributed by atoms with Crippen LogP contribution in [-0.2, 0) is 76.2 Å². The fourth-order valence-corrected chi connectivity index (χ4v) is 6.91. The molecule has 3 heterocycles. The molecule has 2 saturated heterocycles. The van der Waals surface area contributed by atoms with Crippen LogP contribution in [0.15, 0.2) is 51.7 Å². The lowest BCUT2D eigenvalue weighted by atomic mass is 9.96. The van der Waals surface area contributed by atoms with Crippen molar-refractivity contribution in [3.63, 3.8) is 0 Å². The summed E-state index contributed by atoms with van der Waals surface area (Å²) in [5.41, 5.74) is -0.224. The van der Waals surface area contributed by atoms with Gasteiger partial charge in [-0.25, -0.2) is 0 Å². The number of methoxy groups -OCH3 is 1. The SMILES string of the molecule is COc1ccc(-c2cc(=O)c3c(OC(C)=O)cc(O[C@H]4O[C@H](COC(C)=O)[C@@H](O[C@@H]5O[C@@H](C)[C@H](OC(C)=O)[C@@H](OC(C)=O)[C@H]5OC(C)=O)[C@H](OC(C)=O)[C@H]4OC(C)=O)cc3o2)cc1. The van der Waals surface area contributed by atoms with Crippen LogP contribution in [0.4, 0.5) is 0 Å². The first-order valence-electron chi connectivity index (χ1n) is 19.3. The van der Waals surface area contributed by atoms with Crippen molar-refractivity contribution >= 4 is 52.8 Å². The molecule has 63 heavy (non-hydrogen) atoms. The molecule has 21 nitrogen and oxygen atoms in total. The van der Waals surface area contributed by atoms with Gasteiger partial charge in [0.15, 0.2) is 36.1 Å². The number of esters is 7. The lowest BCUT2D eigenvalue weighted by molar-refractivity contribution is -0.351. The van der Waals surface area contributed by atoms with Crippen molar-refractivity contribution in [2.75, 3.05) is 13.7 Å². The van der Waals surface area contributed by atoms with E-state index < -0.39 is 115 Å². The molecule has 10 atom stereocenters.